The van der Waals surface area contributed by atoms with E-state index in [4.69, 9.17) is 15.4 Å². The Hall–Kier alpha value is -2.57. The molecule has 0 fully saturated rings. The van der Waals surface area contributed by atoms with Crippen LogP contribution in [0.5, 0.6) is 5.88 Å². The van der Waals surface area contributed by atoms with Crippen molar-refractivity contribution in [3.05, 3.63) is 72.9 Å². The monoisotopic (exact) mass is 352 g/mol. The van der Waals surface area contributed by atoms with Gasteiger partial charge < -0.3 is 4.18 Å². The van der Waals surface area contributed by atoms with E-state index in [-0.39, 0.29) is 5.88 Å². The van der Waals surface area contributed by atoms with Gasteiger partial charge in [0, 0.05) is 34.2 Å². The zero-order valence-corrected chi connectivity index (χ0v) is 14.1. The standard InChI is InChI=1S/C18H12N2O2S2/c21-24(23,16-9-3-6-14-7-4-12-19-18(14)16)22-17-11-10-13-5-1-2-8-15(13)20-17/h1-12H. The molecular weight excluding hydrogens is 340 g/mol. The number of nitrogens with zero attached hydrogens (tertiary/aromatic N) is 2. The zero-order chi connectivity index (χ0) is 16.6. The first-order valence-electron chi connectivity index (χ1n) is 7.27. The summed E-state index contributed by atoms with van der Waals surface area (Å²) in [5, 5.41) is 1.84. The molecule has 4 rings (SSSR count). The minimum absolute atomic E-state index is 0.238. The average Bonchev–Trinajstić information content (AvgIpc) is 2.61. The maximum Gasteiger partial charge on any atom is 0.231 e. The van der Waals surface area contributed by atoms with Crippen LogP contribution in [0.25, 0.3) is 21.8 Å². The molecule has 0 aliphatic heterocycles. The number of aromatic nitrogens is 2. The quantitative estimate of drug-likeness (QED) is 0.560. The summed E-state index contributed by atoms with van der Waals surface area (Å²) in [6, 6.07) is 20.3. The first-order valence-corrected chi connectivity index (χ1v) is 9.68. The van der Waals surface area contributed by atoms with E-state index < -0.39 is 8.77 Å². The minimum Gasteiger partial charge on any atom is -0.376 e. The predicted molar refractivity (Wildman–Crippen MR) is 97.9 cm³/mol. The van der Waals surface area contributed by atoms with Crippen molar-refractivity contribution >= 4 is 41.8 Å². The molecule has 1 unspecified atom stereocenters. The van der Waals surface area contributed by atoms with Crippen LogP contribution in [0.3, 0.4) is 0 Å². The Morgan fingerprint density at radius 3 is 2.58 bits per heavy atom. The molecule has 0 radical (unpaired) electrons. The fourth-order valence-electron chi connectivity index (χ4n) is 2.53. The van der Waals surface area contributed by atoms with E-state index in [1.165, 1.54) is 0 Å². The Bertz CT molecular complexity index is 1150. The lowest BCUT2D eigenvalue weighted by atomic mass is 10.2. The van der Waals surface area contributed by atoms with Crippen LogP contribution in [0.15, 0.2) is 77.8 Å². The second kappa shape index (κ2) is 5.81. The first kappa shape index (κ1) is 15.0. The topological polar surface area (TPSA) is 52.1 Å². The van der Waals surface area contributed by atoms with Gasteiger partial charge in [-0.05, 0) is 24.3 Å². The van der Waals surface area contributed by atoms with Crippen molar-refractivity contribution in [1.29, 1.82) is 0 Å². The molecule has 0 saturated carbocycles. The van der Waals surface area contributed by atoms with Crippen LogP contribution in [0.1, 0.15) is 0 Å². The fourth-order valence-corrected chi connectivity index (χ4v) is 4.20. The first-order chi connectivity index (χ1) is 11.6. The van der Waals surface area contributed by atoms with Crippen LogP contribution in [0.4, 0.5) is 0 Å². The molecule has 2 heterocycles. The number of benzene rings is 2. The SMILES string of the molecule is O=S(=S)(Oc1ccc2ccccc2n1)c1cccc2cccnc12. The van der Waals surface area contributed by atoms with Crippen molar-refractivity contribution < 1.29 is 8.39 Å². The van der Waals surface area contributed by atoms with Crippen LogP contribution >= 0.6 is 0 Å². The number of hydrogen-bond donors (Lipinski definition) is 0. The van der Waals surface area contributed by atoms with E-state index >= 15 is 0 Å². The zero-order valence-electron chi connectivity index (χ0n) is 12.5. The highest BCUT2D eigenvalue weighted by atomic mass is 32.8. The van der Waals surface area contributed by atoms with Crippen LogP contribution in [-0.4, -0.2) is 14.2 Å². The van der Waals surface area contributed by atoms with Crippen molar-refractivity contribution in [2.45, 2.75) is 4.90 Å². The highest BCUT2D eigenvalue weighted by Crippen LogP contribution is 2.25. The van der Waals surface area contributed by atoms with E-state index in [2.05, 4.69) is 9.97 Å². The van der Waals surface area contributed by atoms with Crippen LogP contribution in [0.2, 0.25) is 0 Å². The molecule has 0 amide bonds. The van der Waals surface area contributed by atoms with E-state index in [0.717, 1.165) is 16.3 Å². The maximum absolute atomic E-state index is 13.0. The highest BCUT2D eigenvalue weighted by molar-refractivity contribution is 8.30. The molecule has 4 nitrogen and oxygen atoms in total. The van der Waals surface area contributed by atoms with Gasteiger partial charge in [0.1, 0.15) is 4.90 Å². The second-order valence-corrected chi connectivity index (χ2v) is 8.04. The van der Waals surface area contributed by atoms with E-state index in [1.54, 1.807) is 24.4 Å². The number of rotatable bonds is 3. The van der Waals surface area contributed by atoms with Gasteiger partial charge in [0.25, 0.3) is 0 Å². The minimum atomic E-state index is -3.20. The van der Waals surface area contributed by atoms with Crippen LogP contribution < -0.4 is 4.18 Å². The Balaban J connectivity index is 1.79. The molecule has 0 spiro atoms. The van der Waals surface area contributed by atoms with Crippen molar-refractivity contribution in [3.8, 4) is 5.88 Å². The van der Waals surface area contributed by atoms with Crippen LogP contribution in [-0.2, 0) is 20.0 Å². The summed E-state index contributed by atoms with van der Waals surface area (Å²) in [4.78, 5) is 9.06. The van der Waals surface area contributed by atoms with E-state index in [1.807, 2.05) is 48.5 Å². The largest absolute Gasteiger partial charge is 0.376 e. The molecule has 4 aromatic rings. The van der Waals surface area contributed by atoms with Gasteiger partial charge in [-0.25, -0.2) is 9.19 Å². The molecule has 118 valence electrons. The summed E-state index contributed by atoms with van der Waals surface area (Å²) < 4.78 is 18.6. The molecule has 1 atom stereocenters. The van der Waals surface area contributed by atoms with Crippen molar-refractivity contribution in [2.24, 2.45) is 0 Å². The second-order valence-electron chi connectivity index (χ2n) is 5.21. The Morgan fingerprint density at radius 1 is 0.875 bits per heavy atom. The molecule has 24 heavy (non-hydrogen) atoms. The van der Waals surface area contributed by atoms with E-state index in [9.17, 15) is 4.21 Å². The highest BCUT2D eigenvalue weighted by Gasteiger charge is 2.17. The summed E-state index contributed by atoms with van der Waals surface area (Å²) in [6.07, 6.45) is 1.64. The van der Waals surface area contributed by atoms with Gasteiger partial charge in [-0.3, -0.25) is 4.98 Å². The van der Waals surface area contributed by atoms with Gasteiger partial charge in [-0.2, -0.15) is 0 Å². The third-order valence-corrected chi connectivity index (χ3v) is 5.63. The normalized spacial score (nSPS) is 13.7. The van der Waals surface area contributed by atoms with Crippen LogP contribution in [0, 0.1) is 0 Å². The maximum atomic E-state index is 13.0. The smallest absolute Gasteiger partial charge is 0.231 e. The van der Waals surface area contributed by atoms with Gasteiger partial charge in [0.2, 0.25) is 14.7 Å². The predicted octanol–water partition coefficient (Wildman–Crippen LogP) is 3.88. The summed E-state index contributed by atoms with van der Waals surface area (Å²) in [5.74, 6) is 0.238. The lowest BCUT2D eigenvalue weighted by molar-refractivity contribution is 0.546. The lowest BCUT2D eigenvalue weighted by Gasteiger charge is -2.11. The molecular formula is C18H12N2O2S2. The lowest BCUT2D eigenvalue weighted by Crippen LogP contribution is -2.10. The summed E-state index contributed by atoms with van der Waals surface area (Å²) in [5.41, 5.74) is 1.34. The third kappa shape index (κ3) is 2.70. The molecule has 6 heteroatoms. The number of fused-ring (bicyclic) bond motifs is 2. The molecule has 0 aliphatic carbocycles. The van der Waals surface area contributed by atoms with Crippen molar-refractivity contribution in [2.75, 3.05) is 0 Å². The van der Waals surface area contributed by atoms with Gasteiger partial charge in [-0.15, -0.1) is 0 Å². The Morgan fingerprint density at radius 2 is 1.67 bits per heavy atom. The van der Waals surface area contributed by atoms with Crippen molar-refractivity contribution in [1.82, 2.24) is 9.97 Å². The summed E-state index contributed by atoms with van der Waals surface area (Å²) in [6.45, 7) is 0. The van der Waals surface area contributed by atoms with E-state index in [0.29, 0.717) is 10.4 Å². The number of para-hydroxylation sites is 2. The molecule has 0 N–H and O–H groups in total. The van der Waals surface area contributed by atoms with Gasteiger partial charge in [-0.1, -0.05) is 36.4 Å². The summed E-state index contributed by atoms with van der Waals surface area (Å²) >= 11 is 5.27. The number of hydrogen-bond acceptors (Lipinski definition) is 5. The molecule has 0 aliphatic rings. The number of pyridine rings is 2. The molecule has 0 saturated heterocycles. The Kier molecular flexibility index (Phi) is 3.63. The summed E-state index contributed by atoms with van der Waals surface area (Å²) in [7, 11) is -3.20. The van der Waals surface area contributed by atoms with Gasteiger partial charge in [0.05, 0.1) is 11.0 Å². The molecule has 2 aromatic carbocycles. The van der Waals surface area contributed by atoms with Gasteiger partial charge >= 0.3 is 0 Å². The molecule has 0 bridgehead atoms. The average molecular weight is 352 g/mol. The third-order valence-electron chi connectivity index (χ3n) is 3.63. The van der Waals surface area contributed by atoms with Crippen molar-refractivity contribution in [3.63, 3.8) is 0 Å². The Labute approximate surface area is 144 Å². The fraction of sp³-hybridized carbons (Fsp3) is 0. The molecule has 2 aromatic heterocycles. The van der Waals surface area contributed by atoms with Gasteiger partial charge in [0.15, 0.2) is 0 Å².